The number of para-hydroxylation sites is 1. The second-order valence-corrected chi connectivity index (χ2v) is 7.82. The molecule has 1 aromatic heterocycles. The SMILES string of the molecule is O=c1[nH]c(SCCCOc2ccccc2)nc(Cc2ccccc2)c1I. The number of benzene rings is 2. The molecule has 3 rings (SSSR count). The number of ether oxygens (including phenoxy) is 1. The van der Waals surface area contributed by atoms with Crippen molar-refractivity contribution in [3.63, 3.8) is 0 Å². The van der Waals surface area contributed by atoms with Gasteiger partial charge in [-0.05, 0) is 46.7 Å². The van der Waals surface area contributed by atoms with Gasteiger partial charge in [-0.15, -0.1) is 0 Å². The van der Waals surface area contributed by atoms with Crippen LogP contribution in [0.4, 0.5) is 0 Å². The van der Waals surface area contributed by atoms with E-state index in [2.05, 4.69) is 32.6 Å². The van der Waals surface area contributed by atoms with E-state index in [-0.39, 0.29) is 5.56 Å². The van der Waals surface area contributed by atoms with Crippen molar-refractivity contribution >= 4 is 34.4 Å². The van der Waals surface area contributed by atoms with Crippen molar-refractivity contribution in [2.24, 2.45) is 0 Å². The highest BCUT2D eigenvalue weighted by molar-refractivity contribution is 14.1. The summed E-state index contributed by atoms with van der Waals surface area (Å²) in [7, 11) is 0. The lowest BCUT2D eigenvalue weighted by Gasteiger charge is -2.08. The van der Waals surface area contributed by atoms with Crippen molar-refractivity contribution in [3.8, 4) is 5.75 Å². The van der Waals surface area contributed by atoms with Gasteiger partial charge < -0.3 is 9.72 Å². The Balaban J connectivity index is 1.55. The van der Waals surface area contributed by atoms with E-state index in [4.69, 9.17) is 4.74 Å². The third-order valence-electron chi connectivity index (χ3n) is 3.66. The van der Waals surface area contributed by atoms with Crippen molar-refractivity contribution in [1.29, 1.82) is 0 Å². The van der Waals surface area contributed by atoms with Crippen LogP contribution < -0.4 is 10.3 Å². The number of nitrogens with zero attached hydrogens (tertiary/aromatic N) is 1. The summed E-state index contributed by atoms with van der Waals surface area (Å²) in [5.74, 6) is 1.71. The predicted molar refractivity (Wildman–Crippen MR) is 114 cm³/mol. The van der Waals surface area contributed by atoms with Gasteiger partial charge in [-0.2, -0.15) is 0 Å². The number of aromatic nitrogens is 2. The number of thioether (sulfide) groups is 1. The van der Waals surface area contributed by atoms with Gasteiger partial charge in [0.2, 0.25) is 0 Å². The van der Waals surface area contributed by atoms with E-state index in [0.29, 0.717) is 21.8 Å². The van der Waals surface area contributed by atoms with Gasteiger partial charge in [0, 0.05) is 12.2 Å². The molecule has 0 atom stereocenters. The number of nitrogens with one attached hydrogen (secondary N) is 1. The molecule has 1 heterocycles. The Bertz CT molecular complexity index is 885. The molecule has 0 amide bonds. The van der Waals surface area contributed by atoms with Crippen molar-refractivity contribution in [1.82, 2.24) is 9.97 Å². The summed E-state index contributed by atoms with van der Waals surface area (Å²) in [5, 5.41) is 0.668. The normalized spacial score (nSPS) is 10.7. The van der Waals surface area contributed by atoms with Crippen LogP contribution >= 0.6 is 34.4 Å². The standard InChI is InChI=1S/C20H19IN2O2S/c21-18-17(14-15-8-3-1-4-9-15)22-20(23-19(18)24)26-13-7-12-25-16-10-5-2-6-11-16/h1-6,8-11H,7,12-14H2,(H,22,23,24). The fourth-order valence-corrected chi connectivity index (χ4v) is 3.63. The van der Waals surface area contributed by atoms with Crippen LogP contribution in [0.2, 0.25) is 0 Å². The minimum Gasteiger partial charge on any atom is -0.494 e. The van der Waals surface area contributed by atoms with Gasteiger partial charge in [0.05, 0.1) is 12.3 Å². The molecule has 0 saturated carbocycles. The lowest BCUT2D eigenvalue weighted by molar-refractivity contribution is 0.318. The minimum atomic E-state index is -0.0745. The molecule has 0 aliphatic carbocycles. The van der Waals surface area contributed by atoms with Crippen LogP contribution in [-0.2, 0) is 6.42 Å². The van der Waals surface area contributed by atoms with E-state index in [1.54, 1.807) is 11.8 Å². The Morgan fingerprint density at radius 3 is 2.46 bits per heavy atom. The Labute approximate surface area is 170 Å². The third kappa shape index (κ3) is 5.60. The quantitative estimate of drug-likeness (QED) is 0.224. The van der Waals surface area contributed by atoms with Crippen LogP contribution in [0.25, 0.3) is 0 Å². The average Bonchev–Trinajstić information content (AvgIpc) is 2.67. The lowest BCUT2D eigenvalue weighted by atomic mass is 10.1. The van der Waals surface area contributed by atoms with Gasteiger partial charge >= 0.3 is 0 Å². The molecule has 0 fully saturated rings. The molecule has 0 aliphatic heterocycles. The van der Waals surface area contributed by atoms with Crippen molar-refractivity contribution in [2.75, 3.05) is 12.4 Å². The Morgan fingerprint density at radius 1 is 1.04 bits per heavy atom. The Kier molecular flexibility index (Phi) is 7.13. The topological polar surface area (TPSA) is 55.0 Å². The molecule has 134 valence electrons. The van der Waals surface area contributed by atoms with Gasteiger partial charge in [-0.3, -0.25) is 4.79 Å². The maximum Gasteiger partial charge on any atom is 0.265 e. The average molecular weight is 478 g/mol. The zero-order valence-electron chi connectivity index (χ0n) is 14.2. The van der Waals surface area contributed by atoms with Crippen LogP contribution in [-0.4, -0.2) is 22.3 Å². The van der Waals surface area contributed by atoms with Gasteiger partial charge in [0.25, 0.3) is 5.56 Å². The predicted octanol–water partition coefficient (Wildman–Crippen LogP) is 4.53. The first kappa shape index (κ1) is 19.0. The van der Waals surface area contributed by atoms with Crippen LogP contribution in [0, 0.1) is 3.57 Å². The lowest BCUT2D eigenvalue weighted by Crippen LogP contribution is -2.16. The Morgan fingerprint density at radius 2 is 1.73 bits per heavy atom. The van der Waals surface area contributed by atoms with Crippen molar-refractivity contribution < 1.29 is 4.74 Å². The van der Waals surface area contributed by atoms with E-state index in [1.165, 1.54) is 0 Å². The van der Waals surface area contributed by atoms with Crippen LogP contribution in [0.15, 0.2) is 70.6 Å². The van der Waals surface area contributed by atoms with E-state index in [9.17, 15) is 4.79 Å². The summed E-state index contributed by atoms with van der Waals surface area (Å²) in [6.07, 6.45) is 1.54. The highest BCUT2D eigenvalue weighted by atomic mass is 127. The van der Waals surface area contributed by atoms with Crippen LogP contribution in [0.1, 0.15) is 17.7 Å². The van der Waals surface area contributed by atoms with Crippen molar-refractivity contribution in [2.45, 2.75) is 18.0 Å². The molecule has 0 bridgehead atoms. The molecule has 4 nitrogen and oxygen atoms in total. The van der Waals surface area contributed by atoms with Gasteiger partial charge in [-0.25, -0.2) is 4.98 Å². The summed E-state index contributed by atoms with van der Waals surface area (Å²) < 4.78 is 6.34. The molecule has 0 unspecified atom stereocenters. The van der Waals surface area contributed by atoms with E-state index in [0.717, 1.165) is 29.2 Å². The molecule has 26 heavy (non-hydrogen) atoms. The van der Waals surface area contributed by atoms with E-state index in [1.807, 2.05) is 60.7 Å². The first-order valence-corrected chi connectivity index (χ1v) is 10.4. The maximum absolute atomic E-state index is 12.2. The fourth-order valence-electron chi connectivity index (χ4n) is 2.39. The molecule has 3 aromatic rings. The van der Waals surface area contributed by atoms with Gasteiger partial charge in [0.1, 0.15) is 9.32 Å². The third-order valence-corrected chi connectivity index (χ3v) is 5.74. The number of rotatable bonds is 8. The summed E-state index contributed by atoms with van der Waals surface area (Å²) in [6.45, 7) is 0.641. The zero-order chi connectivity index (χ0) is 18.2. The van der Waals surface area contributed by atoms with Crippen LogP contribution in [0.5, 0.6) is 5.75 Å². The largest absolute Gasteiger partial charge is 0.494 e. The molecule has 0 radical (unpaired) electrons. The molecule has 0 saturated heterocycles. The number of hydrogen-bond acceptors (Lipinski definition) is 4. The minimum absolute atomic E-state index is 0.0745. The summed E-state index contributed by atoms with van der Waals surface area (Å²) in [5.41, 5.74) is 1.90. The van der Waals surface area contributed by atoms with Crippen molar-refractivity contribution in [3.05, 3.63) is 85.8 Å². The smallest absolute Gasteiger partial charge is 0.265 e. The Hall–Kier alpha value is -1.80. The first-order valence-electron chi connectivity index (χ1n) is 8.35. The first-order chi connectivity index (χ1) is 12.7. The second-order valence-electron chi connectivity index (χ2n) is 5.66. The highest BCUT2D eigenvalue weighted by Gasteiger charge is 2.10. The molecule has 0 aliphatic rings. The molecule has 1 N–H and O–H groups in total. The van der Waals surface area contributed by atoms with Gasteiger partial charge in [0.15, 0.2) is 5.16 Å². The molecular weight excluding hydrogens is 459 g/mol. The molecule has 0 spiro atoms. The number of halogens is 1. The number of aromatic amines is 1. The number of H-pyrrole nitrogens is 1. The fraction of sp³-hybridized carbons (Fsp3) is 0.200. The monoisotopic (exact) mass is 478 g/mol. The molecule has 2 aromatic carbocycles. The molecular formula is C20H19IN2O2S. The second kappa shape index (κ2) is 9.78. The van der Waals surface area contributed by atoms with Crippen LogP contribution in [0.3, 0.4) is 0 Å². The zero-order valence-corrected chi connectivity index (χ0v) is 17.1. The van der Waals surface area contributed by atoms with Gasteiger partial charge in [-0.1, -0.05) is 60.3 Å². The maximum atomic E-state index is 12.2. The summed E-state index contributed by atoms with van der Waals surface area (Å²) >= 11 is 3.62. The highest BCUT2D eigenvalue weighted by Crippen LogP contribution is 2.17. The summed E-state index contributed by atoms with van der Waals surface area (Å²) in [4.78, 5) is 19.7. The molecule has 6 heteroatoms. The number of hydrogen-bond donors (Lipinski definition) is 1. The van der Waals surface area contributed by atoms with E-state index < -0.39 is 0 Å². The summed E-state index contributed by atoms with van der Waals surface area (Å²) in [6, 6.07) is 19.8. The van der Waals surface area contributed by atoms with E-state index >= 15 is 0 Å².